The number of nitrogens with zero attached hydrogens (tertiary/aromatic N) is 3. The van der Waals surface area contributed by atoms with E-state index in [4.69, 9.17) is 5.73 Å². The van der Waals surface area contributed by atoms with Crippen molar-refractivity contribution in [3.05, 3.63) is 53.9 Å². The van der Waals surface area contributed by atoms with Crippen LogP contribution in [0.2, 0.25) is 0 Å². The minimum absolute atomic E-state index is 0.0731. The molecule has 1 saturated carbocycles. The molecule has 1 fully saturated rings. The first kappa shape index (κ1) is 22.3. The van der Waals surface area contributed by atoms with Gasteiger partial charge < -0.3 is 21.3 Å². The van der Waals surface area contributed by atoms with E-state index < -0.39 is 5.91 Å². The van der Waals surface area contributed by atoms with Gasteiger partial charge in [0, 0.05) is 24.8 Å². The Labute approximate surface area is 182 Å². The fourth-order valence-corrected chi connectivity index (χ4v) is 4.08. The van der Waals surface area contributed by atoms with E-state index in [2.05, 4.69) is 34.1 Å². The van der Waals surface area contributed by atoms with Crippen molar-refractivity contribution in [2.45, 2.75) is 45.7 Å². The lowest BCUT2D eigenvalue weighted by molar-refractivity contribution is -0.117. The molecule has 3 rings (SSSR count). The SMILES string of the molecule is C=CC(=O)NC1CC[C@@H](N(C)c2cnc(C(N)=O)c(Nc3ccc(C)c(C)c3)n2)[C@H]1C. The highest BCUT2D eigenvalue weighted by Gasteiger charge is 2.36. The van der Waals surface area contributed by atoms with Crippen LogP contribution in [0.1, 0.15) is 41.4 Å². The van der Waals surface area contributed by atoms with Gasteiger partial charge in [-0.3, -0.25) is 9.59 Å². The van der Waals surface area contributed by atoms with Gasteiger partial charge in [-0.15, -0.1) is 0 Å². The van der Waals surface area contributed by atoms with Crippen molar-refractivity contribution in [1.29, 1.82) is 0 Å². The molecule has 1 unspecified atom stereocenters. The number of aromatic nitrogens is 2. The zero-order valence-corrected chi connectivity index (χ0v) is 18.5. The molecule has 1 aliphatic rings. The largest absolute Gasteiger partial charge is 0.364 e. The summed E-state index contributed by atoms with van der Waals surface area (Å²) in [5, 5.41) is 6.19. The first-order valence-corrected chi connectivity index (χ1v) is 10.4. The van der Waals surface area contributed by atoms with Crippen LogP contribution in [-0.2, 0) is 4.79 Å². The number of hydrogen-bond acceptors (Lipinski definition) is 6. The predicted octanol–water partition coefficient (Wildman–Crippen LogP) is 2.84. The quantitative estimate of drug-likeness (QED) is 0.592. The van der Waals surface area contributed by atoms with Crippen LogP contribution in [0, 0.1) is 19.8 Å². The Balaban J connectivity index is 1.85. The summed E-state index contributed by atoms with van der Waals surface area (Å²) in [6, 6.07) is 6.16. The van der Waals surface area contributed by atoms with Gasteiger partial charge in [-0.25, -0.2) is 9.97 Å². The van der Waals surface area contributed by atoms with Crippen LogP contribution in [0.5, 0.6) is 0 Å². The van der Waals surface area contributed by atoms with Crippen molar-refractivity contribution in [3.63, 3.8) is 0 Å². The smallest absolute Gasteiger partial charge is 0.271 e. The number of aryl methyl sites for hydroxylation is 2. The second kappa shape index (κ2) is 9.16. The summed E-state index contributed by atoms with van der Waals surface area (Å²) >= 11 is 0. The molecule has 0 aliphatic heterocycles. The number of amides is 2. The Morgan fingerprint density at radius 2 is 2.00 bits per heavy atom. The molecule has 164 valence electrons. The van der Waals surface area contributed by atoms with E-state index in [0.29, 0.717) is 11.6 Å². The Hall–Kier alpha value is -3.42. The Kier molecular flexibility index (Phi) is 6.58. The average molecular weight is 423 g/mol. The topological polar surface area (TPSA) is 113 Å². The number of carbonyl (C=O) groups is 2. The number of nitrogens with two attached hydrogens (primary N) is 1. The fourth-order valence-electron chi connectivity index (χ4n) is 4.08. The van der Waals surface area contributed by atoms with Crippen LogP contribution in [0.4, 0.5) is 17.3 Å². The molecule has 1 aromatic heterocycles. The summed E-state index contributed by atoms with van der Waals surface area (Å²) in [5.41, 5.74) is 8.72. The second-order valence-corrected chi connectivity index (χ2v) is 8.15. The van der Waals surface area contributed by atoms with E-state index in [0.717, 1.165) is 24.1 Å². The maximum absolute atomic E-state index is 11.9. The van der Waals surface area contributed by atoms with Crippen molar-refractivity contribution in [2.24, 2.45) is 11.7 Å². The summed E-state index contributed by atoms with van der Waals surface area (Å²) in [6.45, 7) is 9.69. The molecule has 0 saturated heterocycles. The lowest BCUT2D eigenvalue weighted by Gasteiger charge is -2.31. The number of rotatable bonds is 7. The van der Waals surface area contributed by atoms with Gasteiger partial charge in [0.05, 0.1) is 6.20 Å². The number of nitrogens with one attached hydrogen (secondary N) is 2. The first-order valence-electron chi connectivity index (χ1n) is 10.4. The van der Waals surface area contributed by atoms with E-state index in [1.54, 1.807) is 6.20 Å². The average Bonchev–Trinajstić information content (AvgIpc) is 3.09. The summed E-state index contributed by atoms with van der Waals surface area (Å²) in [4.78, 5) is 34.6. The van der Waals surface area contributed by atoms with E-state index >= 15 is 0 Å². The number of primary amides is 1. The number of benzene rings is 1. The summed E-state index contributed by atoms with van der Waals surface area (Å²) in [7, 11) is 1.95. The second-order valence-electron chi connectivity index (χ2n) is 8.15. The van der Waals surface area contributed by atoms with E-state index in [9.17, 15) is 9.59 Å². The molecule has 2 aromatic rings. The number of anilines is 3. The lowest BCUT2D eigenvalue weighted by Crippen LogP contribution is -2.42. The summed E-state index contributed by atoms with van der Waals surface area (Å²) < 4.78 is 0. The highest BCUT2D eigenvalue weighted by molar-refractivity contribution is 5.96. The fraction of sp³-hybridized carbons (Fsp3) is 0.391. The van der Waals surface area contributed by atoms with Gasteiger partial charge >= 0.3 is 0 Å². The van der Waals surface area contributed by atoms with Gasteiger partial charge in [-0.2, -0.15) is 0 Å². The third-order valence-electron chi connectivity index (χ3n) is 6.15. The molecule has 4 N–H and O–H groups in total. The van der Waals surface area contributed by atoms with Crippen molar-refractivity contribution in [2.75, 3.05) is 17.3 Å². The molecule has 8 nitrogen and oxygen atoms in total. The maximum Gasteiger partial charge on any atom is 0.271 e. The van der Waals surface area contributed by atoms with Crippen LogP contribution in [0.15, 0.2) is 37.1 Å². The van der Waals surface area contributed by atoms with E-state index in [1.807, 2.05) is 44.0 Å². The molecular weight excluding hydrogens is 392 g/mol. The Morgan fingerprint density at radius 1 is 1.26 bits per heavy atom. The van der Waals surface area contributed by atoms with Gasteiger partial charge in [0.1, 0.15) is 5.82 Å². The van der Waals surface area contributed by atoms with Gasteiger partial charge in [0.25, 0.3) is 5.91 Å². The summed E-state index contributed by atoms with van der Waals surface area (Å²) in [6.07, 6.45) is 4.63. The zero-order valence-electron chi connectivity index (χ0n) is 18.5. The molecule has 1 heterocycles. The minimum atomic E-state index is -0.644. The molecule has 0 spiro atoms. The molecule has 1 aromatic carbocycles. The molecule has 31 heavy (non-hydrogen) atoms. The van der Waals surface area contributed by atoms with Gasteiger partial charge in [0.2, 0.25) is 5.91 Å². The Morgan fingerprint density at radius 3 is 2.65 bits per heavy atom. The Bertz CT molecular complexity index is 1010. The predicted molar refractivity (Wildman–Crippen MR) is 122 cm³/mol. The van der Waals surface area contributed by atoms with E-state index in [-0.39, 0.29) is 29.6 Å². The number of carbonyl (C=O) groups excluding carboxylic acids is 2. The minimum Gasteiger partial charge on any atom is -0.364 e. The normalized spacial score (nSPS) is 20.2. The van der Waals surface area contributed by atoms with Gasteiger partial charge in [-0.05, 0) is 61.9 Å². The highest BCUT2D eigenvalue weighted by atomic mass is 16.2. The standard InChI is InChI=1S/C23H30N6O2/c1-6-20(30)27-17-9-10-18(15(17)4)29(5)19-12-25-21(22(24)31)23(28-19)26-16-8-7-13(2)14(3)11-16/h6-8,11-12,15,17-18H,1,9-10H2,2-5H3,(H2,24,31)(H,26,28)(H,27,30)/t15-,17?,18+/m0/s1. The monoisotopic (exact) mass is 422 g/mol. The van der Waals surface area contributed by atoms with Crippen molar-refractivity contribution in [3.8, 4) is 0 Å². The molecule has 0 bridgehead atoms. The number of hydrogen-bond donors (Lipinski definition) is 3. The van der Waals surface area contributed by atoms with Gasteiger partial charge in [0.15, 0.2) is 11.5 Å². The van der Waals surface area contributed by atoms with Crippen LogP contribution < -0.4 is 21.3 Å². The molecule has 2 amide bonds. The summed E-state index contributed by atoms with van der Waals surface area (Å²) in [5.74, 6) is 0.355. The van der Waals surface area contributed by atoms with Gasteiger partial charge in [-0.1, -0.05) is 19.6 Å². The van der Waals surface area contributed by atoms with Crippen LogP contribution in [0.25, 0.3) is 0 Å². The zero-order chi connectivity index (χ0) is 22.7. The van der Waals surface area contributed by atoms with Crippen molar-refractivity contribution < 1.29 is 9.59 Å². The molecule has 0 radical (unpaired) electrons. The third-order valence-corrected chi connectivity index (χ3v) is 6.15. The lowest BCUT2D eigenvalue weighted by atomic mass is 10.0. The van der Waals surface area contributed by atoms with Crippen LogP contribution in [0.3, 0.4) is 0 Å². The maximum atomic E-state index is 11.9. The van der Waals surface area contributed by atoms with Crippen molar-refractivity contribution >= 4 is 29.1 Å². The third kappa shape index (κ3) is 4.84. The molecule has 1 aliphatic carbocycles. The highest BCUT2D eigenvalue weighted by Crippen LogP contribution is 2.32. The molecule has 8 heteroatoms. The molecule has 3 atom stereocenters. The van der Waals surface area contributed by atoms with E-state index in [1.165, 1.54) is 11.6 Å². The first-order chi connectivity index (χ1) is 14.7. The van der Waals surface area contributed by atoms with Crippen LogP contribution in [-0.4, -0.2) is 40.9 Å². The van der Waals surface area contributed by atoms with Crippen molar-refractivity contribution in [1.82, 2.24) is 15.3 Å². The van der Waals surface area contributed by atoms with Crippen LogP contribution >= 0.6 is 0 Å². The molecular formula is C23H30N6O2.